The molecule has 1 atom stereocenters. The van der Waals surface area contributed by atoms with Crippen LogP contribution in [0.2, 0.25) is 0 Å². The Morgan fingerprint density at radius 1 is 1.57 bits per heavy atom. The number of piperidine rings is 1. The topological polar surface area (TPSA) is 37.0 Å². The number of nitrogens with zero attached hydrogens (tertiary/aromatic N) is 1. The van der Waals surface area contributed by atoms with Gasteiger partial charge in [0.1, 0.15) is 0 Å². The van der Waals surface area contributed by atoms with E-state index in [0.29, 0.717) is 6.04 Å². The fraction of sp³-hybridized carbons (Fsp3) is 0.700. The average molecular weight is 211 g/mol. The van der Waals surface area contributed by atoms with E-state index >= 15 is 0 Å². The van der Waals surface area contributed by atoms with Gasteiger partial charge in [-0.15, -0.1) is 11.3 Å². The number of hydrogen-bond acceptors (Lipinski definition) is 4. The second-order valence-corrected chi connectivity index (χ2v) is 4.72. The Kier molecular flexibility index (Phi) is 3.91. The Bertz CT molecular complexity index is 242. The van der Waals surface area contributed by atoms with E-state index in [0.717, 1.165) is 13.1 Å². The summed E-state index contributed by atoms with van der Waals surface area (Å²) in [6, 6.07) is 0.677. The zero-order valence-electron chi connectivity index (χ0n) is 8.33. The number of rotatable bonds is 4. The van der Waals surface area contributed by atoms with Crippen LogP contribution in [0.1, 0.15) is 24.1 Å². The minimum absolute atomic E-state index is 0.677. The number of nitrogens with one attached hydrogen (secondary N) is 2. The average Bonchev–Trinajstić information content (AvgIpc) is 2.72. The first-order chi connectivity index (χ1) is 6.95. The molecule has 0 radical (unpaired) electrons. The third-order valence-electron chi connectivity index (χ3n) is 2.59. The predicted molar refractivity (Wildman–Crippen MR) is 59.5 cm³/mol. The quantitative estimate of drug-likeness (QED) is 0.790. The van der Waals surface area contributed by atoms with Crippen LogP contribution in [0.15, 0.2) is 11.7 Å². The molecule has 0 saturated carbocycles. The second-order valence-electron chi connectivity index (χ2n) is 3.75. The summed E-state index contributed by atoms with van der Waals surface area (Å²) >= 11 is 1.72. The van der Waals surface area contributed by atoms with Crippen LogP contribution in [-0.2, 0) is 6.54 Å². The normalized spacial score (nSPS) is 22.4. The molecule has 1 aliphatic rings. The van der Waals surface area contributed by atoms with Gasteiger partial charge in [-0.05, 0) is 19.4 Å². The van der Waals surface area contributed by atoms with Gasteiger partial charge in [-0.25, -0.2) is 0 Å². The lowest BCUT2D eigenvalue weighted by atomic mass is 10.1. The van der Waals surface area contributed by atoms with Gasteiger partial charge in [0.25, 0.3) is 0 Å². The van der Waals surface area contributed by atoms with Crippen molar-refractivity contribution in [3.05, 3.63) is 16.6 Å². The summed E-state index contributed by atoms with van der Waals surface area (Å²) in [6.45, 7) is 3.23. The van der Waals surface area contributed by atoms with Crippen LogP contribution in [0.25, 0.3) is 0 Å². The second kappa shape index (κ2) is 5.44. The first-order valence-electron chi connectivity index (χ1n) is 5.26. The maximum Gasteiger partial charge on any atom is 0.0794 e. The molecule has 3 nitrogen and oxygen atoms in total. The molecule has 0 aliphatic carbocycles. The van der Waals surface area contributed by atoms with Crippen molar-refractivity contribution in [1.29, 1.82) is 0 Å². The minimum atomic E-state index is 0.677. The van der Waals surface area contributed by atoms with E-state index in [1.54, 1.807) is 11.3 Å². The summed E-state index contributed by atoms with van der Waals surface area (Å²) in [4.78, 5) is 5.37. The fourth-order valence-electron chi connectivity index (χ4n) is 1.80. The maximum absolute atomic E-state index is 4.05. The van der Waals surface area contributed by atoms with Gasteiger partial charge >= 0.3 is 0 Å². The molecule has 1 fully saturated rings. The standard InChI is InChI=1S/C10H17N3S/c1-2-4-13-9(3-1)5-11-6-10-7-12-8-14-10/h7-9,11,13H,1-6H2/t9-/m0/s1. The van der Waals surface area contributed by atoms with E-state index in [1.807, 2.05) is 11.7 Å². The van der Waals surface area contributed by atoms with Gasteiger partial charge in [0, 0.05) is 30.2 Å². The highest BCUT2D eigenvalue weighted by Gasteiger charge is 2.11. The molecular formula is C10H17N3S. The van der Waals surface area contributed by atoms with Gasteiger partial charge in [0.05, 0.1) is 5.51 Å². The van der Waals surface area contributed by atoms with Crippen LogP contribution in [-0.4, -0.2) is 24.1 Å². The van der Waals surface area contributed by atoms with Crippen LogP contribution in [0.5, 0.6) is 0 Å². The maximum atomic E-state index is 4.05. The minimum Gasteiger partial charge on any atom is -0.313 e. The van der Waals surface area contributed by atoms with Crippen molar-refractivity contribution >= 4 is 11.3 Å². The highest BCUT2D eigenvalue weighted by molar-refractivity contribution is 7.09. The molecule has 0 aromatic carbocycles. The zero-order valence-corrected chi connectivity index (χ0v) is 9.15. The molecule has 2 rings (SSSR count). The third-order valence-corrected chi connectivity index (χ3v) is 3.37. The molecule has 0 unspecified atom stereocenters. The first-order valence-corrected chi connectivity index (χ1v) is 6.14. The van der Waals surface area contributed by atoms with E-state index in [9.17, 15) is 0 Å². The summed E-state index contributed by atoms with van der Waals surface area (Å²) in [5.41, 5.74) is 1.88. The molecule has 0 bridgehead atoms. The third kappa shape index (κ3) is 3.04. The molecule has 1 saturated heterocycles. The Labute approximate surface area is 88.9 Å². The van der Waals surface area contributed by atoms with Crippen LogP contribution < -0.4 is 10.6 Å². The van der Waals surface area contributed by atoms with Crippen molar-refractivity contribution in [2.24, 2.45) is 0 Å². The van der Waals surface area contributed by atoms with Crippen molar-refractivity contribution in [2.75, 3.05) is 13.1 Å². The van der Waals surface area contributed by atoms with E-state index in [4.69, 9.17) is 0 Å². The first kappa shape index (κ1) is 10.1. The fourth-order valence-corrected chi connectivity index (χ4v) is 2.36. The van der Waals surface area contributed by atoms with E-state index in [-0.39, 0.29) is 0 Å². The Hall–Kier alpha value is -0.450. The summed E-state index contributed by atoms with van der Waals surface area (Å²) < 4.78 is 0. The molecule has 78 valence electrons. The van der Waals surface area contributed by atoms with E-state index in [1.165, 1.54) is 30.7 Å². The number of hydrogen-bond donors (Lipinski definition) is 2. The Morgan fingerprint density at radius 3 is 3.29 bits per heavy atom. The molecule has 2 N–H and O–H groups in total. The Balaban J connectivity index is 1.62. The van der Waals surface area contributed by atoms with E-state index < -0.39 is 0 Å². The van der Waals surface area contributed by atoms with Crippen LogP contribution >= 0.6 is 11.3 Å². The lowest BCUT2D eigenvalue weighted by Gasteiger charge is -2.23. The number of aromatic nitrogens is 1. The molecule has 0 spiro atoms. The molecule has 1 aromatic heterocycles. The van der Waals surface area contributed by atoms with Crippen LogP contribution in [0.4, 0.5) is 0 Å². The van der Waals surface area contributed by atoms with Crippen molar-refractivity contribution in [2.45, 2.75) is 31.8 Å². The SMILES string of the molecule is c1ncc(CNC[C@@H]2CCCCN2)s1. The molecule has 4 heteroatoms. The highest BCUT2D eigenvalue weighted by Crippen LogP contribution is 2.07. The summed E-state index contributed by atoms with van der Waals surface area (Å²) in [6.07, 6.45) is 5.97. The molecule has 1 aromatic rings. The van der Waals surface area contributed by atoms with E-state index in [2.05, 4.69) is 15.6 Å². The van der Waals surface area contributed by atoms with Crippen molar-refractivity contribution in [1.82, 2.24) is 15.6 Å². The molecular weight excluding hydrogens is 194 g/mol. The lowest BCUT2D eigenvalue weighted by Crippen LogP contribution is -2.41. The van der Waals surface area contributed by atoms with Gasteiger partial charge in [0.2, 0.25) is 0 Å². The van der Waals surface area contributed by atoms with Crippen LogP contribution in [0.3, 0.4) is 0 Å². The molecule has 2 heterocycles. The molecule has 1 aliphatic heterocycles. The van der Waals surface area contributed by atoms with Gasteiger partial charge < -0.3 is 10.6 Å². The largest absolute Gasteiger partial charge is 0.313 e. The predicted octanol–water partition coefficient (Wildman–Crippen LogP) is 1.37. The number of thiazole rings is 1. The lowest BCUT2D eigenvalue weighted by molar-refractivity contribution is 0.383. The van der Waals surface area contributed by atoms with Gasteiger partial charge in [-0.2, -0.15) is 0 Å². The van der Waals surface area contributed by atoms with Gasteiger partial charge in [-0.1, -0.05) is 6.42 Å². The summed E-state index contributed by atoms with van der Waals surface area (Å²) in [5.74, 6) is 0. The smallest absolute Gasteiger partial charge is 0.0794 e. The molecule has 14 heavy (non-hydrogen) atoms. The summed E-state index contributed by atoms with van der Waals surface area (Å²) in [7, 11) is 0. The molecule has 0 amide bonds. The Morgan fingerprint density at radius 2 is 2.57 bits per heavy atom. The monoisotopic (exact) mass is 211 g/mol. The van der Waals surface area contributed by atoms with Gasteiger partial charge in [0.15, 0.2) is 0 Å². The van der Waals surface area contributed by atoms with Crippen molar-refractivity contribution < 1.29 is 0 Å². The van der Waals surface area contributed by atoms with Crippen LogP contribution in [0, 0.1) is 0 Å². The van der Waals surface area contributed by atoms with Gasteiger partial charge in [-0.3, -0.25) is 4.98 Å². The summed E-state index contributed by atoms with van der Waals surface area (Å²) in [5, 5.41) is 6.99. The zero-order chi connectivity index (χ0) is 9.64. The highest BCUT2D eigenvalue weighted by atomic mass is 32.1. The van der Waals surface area contributed by atoms with Crippen molar-refractivity contribution in [3.63, 3.8) is 0 Å². The van der Waals surface area contributed by atoms with Crippen molar-refractivity contribution in [3.8, 4) is 0 Å².